The molecular formula is C17H22ClNO4. The highest BCUT2D eigenvalue weighted by atomic mass is 35.5. The zero-order valence-corrected chi connectivity index (χ0v) is 13.8. The van der Waals surface area contributed by atoms with Gasteiger partial charge in [-0.05, 0) is 37.1 Å². The molecule has 1 aromatic rings. The van der Waals surface area contributed by atoms with Crippen LogP contribution in [0.1, 0.15) is 32.1 Å². The number of rotatable bonds is 5. The van der Waals surface area contributed by atoms with Gasteiger partial charge in [-0.15, -0.1) is 0 Å². The largest absolute Gasteiger partial charge is 0.484 e. The Morgan fingerprint density at radius 3 is 2.74 bits per heavy atom. The molecule has 0 aromatic heterocycles. The van der Waals surface area contributed by atoms with Gasteiger partial charge < -0.3 is 19.5 Å². The molecule has 1 heterocycles. The van der Waals surface area contributed by atoms with E-state index >= 15 is 0 Å². The predicted molar refractivity (Wildman–Crippen MR) is 86.6 cm³/mol. The van der Waals surface area contributed by atoms with Crippen LogP contribution in [-0.2, 0) is 14.3 Å². The number of halogens is 1. The third-order valence-electron chi connectivity index (χ3n) is 4.24. The molecule has 1 saturated carbocycles. The molecule has 2 fully saturated rings. The summed E-state index contributed by atoms with van der Waals surface area (Å²) in [6.07, 6.45) is 5.38. The highest BCUT2D eigenvalue weighted by molar-refractivity contribution is 6.30. The molecule has 0 radical (unpaired) electrons. The fraction of sp³-hybridized carbons (Fsp3) is 0.588. The summed E-state index contributed by atoms with van der Waals surface area (Å²) in [5.74, 6) is 0.0484. The maximum atomic E-state index is 11.8. The second-order valence-electron chi connectivity index (χ2n) is 6.07. The normalized spacial score (nSPS) is 22.9. The summed E-state index contributed by atoms with van der Waals surface area (Å²) in [4.78, 5) is 11.8. The number of amides is 1. The van der Waals surface area contributed by atoms with E-state index in [-0.39, 0.29) is 18.6 Å². The highest BCUT2D eigenvalue weighted by Crippen LogP contribution is 2.37. The van der Waals surface area contributed by atoms with Crippen LogP contribution < -0.4 is 10.1 Å². The molecule has 5 nitrogen and oxygen atoms in total. The van der Waals surface area contributed by atoms with E-state index in [1.807, 2.05) is 0 Å². The van der Waals surface area contributed by atoms with E-state index in [0.717, 1.165) is 25.7 Å². The third kappa shape index (κ3) is 4.59. The Labute approximate surface area is 141 Å². The van der Waals surface area contributed by atoms with Gasteiger partial charge in [-0.3, -0.25) is 4.79 Å². The topological polar surface area (TPSA) is 56.8 Å². The molecular weight excluding hydrogens is 318 g/mol. The molecule has 6 heteroatoms. The number of nitrogens with one attached hydrogen (secondary N) is 1. The molecule has 1 aliphatic heterocycles. The molecule has 1 aliphatic carbocycles. The van der Waals surface area contributed by atoms with Crippen molar-refractivity contribution in [2.45, 2.75) is 44.0 Å². The lowest BCUT2D eigenvalue weighted by atomic mass is 9.94. The van der Waals surface area contributed by atoms with Gasteiger partial charge in [0.2, 0.25) is 0 Å². The summed E-state index contributed by atoms with van der Waals surface area (Å²) in [6, 6.07) is 6.91. The van der Waals surface area contributed by atoms with Gasteiger partial charge in [0.1, 0.15) is 11.9 Å². The second kappa shape index (κ2) is 7.51. The van der Waals surface area contributed by atoms with Crippen LogP contribution in [0.3, 0.4) is 0 Å². The molecule has 0 bridgehead atoms. The van der Waals surface area contributed by atoms with Gasteiger partial charge in [-0.2, -0.15) is 0 Å². The quantitative estimate of drug-likeness (QED) is 0.896. The van der Waals surface area contributed by atoms with Crippen LogP contribution in [0, 0.1) is 0 Å². The lowest BCUT2D eigenvalue weighted by Crippen LogP contribution is -2.38. The van der Waals surface area contributed by atoms with Crippen molar-refractivity contribution in [2.75, 3.05) is 19.8 Å². The first-order valence-electron chi connectivity index (χ1n) is 8.12. The summed E-state index contributed by atoms with van der Waals surface area (Å²) in [6.45, 7) is 0.962. The first-order chi connectivity index (χ1) is 11.2. The average Bonchev–Trinajstić information content (AvgIpc) is 2.95. The minimum atomic E-state index is -0.395. The van der Waals surface area contributed by atoms with E-state index in [0.29, 0.717) is 23.9 Å². The molecule has 1 saturated heterocycles. The molecule has 1 N–H and O–H groups in total. The summed E-state index contributed by atoms with van der Waals surface area (Å²) in [5, 5.41) is 3.47. The van der Waals surface area contributed by atoms with Crippen molar-refractivity contribution in [3.8, 4) is 5.75 Å². The highest BCUT2D eigenvalue weighted by Gasteiger charge is 2.42. The van der Waals surface area contributed by atoms with Crippen LogP contribution >= 0.6 is 11.6 Å². The summed E-state index contributed by atoms with van der Waals surface area (Å²) >= 11 is 5.80. The van der Waals surface area contributed by atoms with Crippen molar-refractivity contribution in [3.05, 3.63) is 29.3 Å². The zero-order valence-electron chi connectivity index (χ0n) is 13.1. The Morgan fingerprint density at radius 2 is 2.00 bits per heavy atom. The predicted octanol–water partition coefficient (Wildman–Crippen LogP) is 2.91. The maximum absolute atomic E-state index is 11.8. The van der Waals surface area contributed by atoms with Crippen LogP contribution in [0.15, 0.2) is 24.3 Å². The smallest absolute Gasteiger partial charge is 0.258 e. The van der Waals surface area contributed by atoms with Gasteiger partial charge in [0.05, 0.1) is 6.61 Å². The van der Waals surface area contributed by atoms with Crippen LogP contribution in [0.2, 0.25) is 5.02 Å². The van der Waals surface area contributed by atoms with Crippen LogP contribution in [0.5, 0.6) is 5.75 Å². The van der Waals surface area contributed by atoms with Crippen molar-refractivity contribution < 1.29 is 19.0 Å². The van der Waals surface area contributed by atoms with Crippen LogP contribution in [-0.4, -0.2) is 37.6 Å². The minimum Gasteiger partial charge on any atom is -0.484 e. The summed E-state index contributed by atoms with van der Waals surface area (Å²) < 4.78 is 17.3. The van der Waals surface area contributed by atoms with Crippen LogP contribution in [0.4, 0.5) is 0 Å². The second-order valence-corrected chi connectivity index (χ2v) is 6.51. The Bertz CT molecular complexity index is 528. The first kappa shape index (κ1) is 16.6. The molecule has 2 aliphatic rings. The number of carbonyl (C=O) groups excluding carboxylic acids is 1. The molecule has 23 heavy (non-hydrogen) atoms. The molecule has 1 spiro atoms. The molecule has 0 unspecified atom stereocenters. The SMILES string of the molecule is O=C(COc1ccc(Cl)cc1)NC[C@@H]1COC2(CCCCC2)O1. The number of benzene rings is 1. The zero-order chi connectivity index (χ0) is 16.1. The van der Waals surface area contributed by atoms with Gasteiger partial charge in [0.15, 0.2) is 12.4 Å². The first-order valence-corrected chi connectivity index (χ1v) is 8.50. The average molecular weight is 340 g/mol. The molecule has 1 aromatic carbocycles. The third-order valence-corrected chi connectivity index (χ3v) is 4.49. The van der Waals surface area contributed by atoms with Crippen molar-refractivity contribution in [1.29, 1.82) is 0 Å². The Hall–Kier alpha value is -1.30. The van der Waals surface area contributed by atoms with Gasteiger partial charge in [0, 0.05) is 24.4 Å². The number of ether oxygens (including phenoxy) is 3. The number of carbonyl (C=O) groups is 1. The van der Waals surface area contributed by atoms with Crippen molar-refractivity contribution in [2.24, 2.45) is 0 Å². The van der Waals surface area contributed by atoms with E-state index in [9.17, 15) is 4.79 Å². The molecule has 126 valence electrons. The minimum absolute atomic E-state index is 0.0274. The Kier molecular flexibility index (Phi) is 5.41. The van der Waals surface area contributed by atoms with E-state index < -0.39 is 5.79 Å². The van der Waals surface area contributed by atoms with Gasteiger partial charge in [-0.1, -0.05) is 18.0 Å². The van der Waals surface area contributed by atoms with E-state index in [4.69, 9.17) is 25.8 Å². The molecule has 1 amide bonds. The van der Waals surface area contributed by atoms with E-state index in [2.05, 4.69) is 5.32 Å². The van der Waals surface area contributed by atoms with Crippen LogP contribution in [0.25, 0.3) is 0 Å². The van der Waals surface area contributed by atoms with Crippen molar-refractivity contribution in [3.63, 3.8) is 0 Å². The lowest BCUT2D eigenvalue weighted by Gasteiger charge is -2.31. The van der Waals surface area contributed by atoms with E-state index in [1.165, 1.54) is 6.42 Å². The number of hydrogen-bond acceptors (Lipinski definition) is 4. The standard InChI is InChI=1S/C17H22ClNO4/c18-13-4-6-14(7-5-13)21-12-16(20)19-10-15-11-22-17(23-15)8-2-1-3-9-17/h4-7,15H,1-3,8-12H2,(H,19,20)/t15-/m1/s1. The maximum Gasteiger partial charge on any atom is 0.258 e. The van der Waals surface area contributed by atoms with Gasteiger partial charge >= 0.3 is 0 Å². The van der Waals surface area contributed by atoms with Crippen molar-refractivity contribution >= 4 is 17.5 Å². The summed E-state index contributed by atoms with van der Waals surface area (Å²) in [7, 11) is 0. The molecule has 1 atom stereocenters. The number of hydrogen-bond donors (Lipinski definition) is 1. The molecule has 3 rings (SSSR count). The van der Waals surface area contributed by atoms with Gasteiger partial charge in [-0.25, -0.2) is 0 Å². The fourth-order valence-electron chi connectivity index (χ4n) is 3.03. The summed E-state index contributed by atoms with van der Waals surface area (Å²) in [5.41, 5.74) is 0. The fourth-order valence-corrected chi connectivity index (χ4v) is 3.15. The Morgan fingerprint density at radius 1 is 1.26 bits per heavy atom. The van der Waals surface area contributed by atoms with Crippen molar-refractivity contribution in [1.82, 2.24) is 5.32 Å². The Balaban J connectivity index is 1.37. The lowest BCUT2D eigenvalue weighted by molar-refractivity contribution is -0.186. The van der Waals surface area contributed by atoms with Gasteiger partial charge in [0.25, 0.3) is 5.91 Å². The van der Waals surface area contributed by atoms with E-state index in [1.54, 1.807) is 24.3 Å². The monoisotopic (exact) mass is 339 g/mol.